The third-order valence-electron chi connectivity index (χ3n) is 9.50. The molecule has 3 aromatic carbocycles. The Morgan fingerprint density at radius 2 is 1.41 bits per heavy atom. The van der Waals surface area contributed by atoms with E-state index < -0.39 is 11.6 Å². The summed E-state index contributed by atoms with van der Waals surface area (Å²) in [6.07, 6.45) is 8.29. The van der Waals surface area contributed by atoms with Crippen LogP contribution in [0.15, 0.2) is 77.6 Å². The number of hydrogen-bond donors (Lipinski definition) is 3. The van der Waals surface area contributed by atoms with Gasteiger partial charge < -0.3 is 24.7 Å². The van der Waals surface area contributed by atoms with Crippen LogP contribution in [0.1, 0.15) is 70.5 Å². The second-order valence-electron chi connectivity index (χ2n) is 12.5. The number of nitrogens with one attached hydrogen (secondary N) is 3. The van der Waals surface area contributed by atoms with E-state index in [1.165, 1.54) is 40.9 Å². The van der Waals surface area contributed by atoms with Gasteiger partial charge in [0.25, 0.3) is 5.91 Å². The quantitative estimate of drug-likeness (QED) is 0.165. The van der Waals surface area contributed by atoms with E-state index in [2.05, 4.69) is 38.8 Å². The van der Waals surface area contributed by atoms with E-state index in [4.69, 9.17) is 27.7 Å². The SMILES string of the molecule is Cl.Clc1ccc2[nH]cc(C3CCNCC3)c2c1.O=C(c1cc(Cc2cc(F)ccc2F)on1)N1CCC(c2c[nH]c3ccc(Cl)cc23)CC1. The van der Waals surface area contributed by atoms with Crippen molar-refractivity contribution >= 4 is 63.3 Å². The van der Waals surface area contributed by atoms with Crippen LogP contribution in [0, 0.1) is 11.6 Å². The molecule has 256 valence electrons. The summed E-state index contributed by atoms with van der Waals surface area (Å²) in [5.74, 6) is 0.0287. The Kier molecular flexibility index (Phi) is 10.9. The second kappa shape index (κ2) is 15.3. The molecule has 0 saturated carbocycles. The maximum Gasteiger partial charge on any atom is 0.276 e. The van der Waals surface area contributed by atoms with E-state index in [1.807, 2.05) is 30.5 Å². The van der Waals surface area contributed by atoms with Crippen molar-refractivity contribution in [2.75, 3.05) is 26.2 Å². The molecule has 0 unspecified atom stereocenters. The van der Waals surface area contributed by atoms with Crippen LogP contribution in [0.5, 0.6) is 0 Å². The van der Waals surface area contributed by atoms with Gasteiger partial charge >= 0.3 is 0 Å². The van der Waals surface area contributed by atoms with Crippen LogP contribution in [-0.2, 0) is 6.42 Å². The number of nitrogens with zero attached hydrogens (tertiary/aromatic N) is 2. The maximum absolute atomic E-state index is 13.9. The van der Waals surface area contributed by atoms with Gasteiger partial charge in [0.05, 0.1) is 0 Å². The fraction of sp³-hybridized carbons (Fsp3) is 0.297. The number of aromatic amines is 2. The lowest BCUT2D eigenvalue weighted by molar-refractivity contribution is 0.0702. The van der Waals surface area contributed by atoms with Crippen LogP contribution in [0.2, 0.25) is 10.0 Å². The molecule has 8 rings (SSSR count). The molecule has 0 atom stereocenters. The highest BCUT2D eigenvalue weighted by molar-refractivity contribution is 6.31. The first-order valence-corrected chi connectivity index (χ1v) is 17.0. The number of carbonyl (C=O) groups is 1. The van der Waals surface area contributed by atoms with Gasteiger partial charge in [-0.15, -0.1) is 12.4 Å². The molecule has 0 aliphatic carbocycles. The topological polar surface area (TPSA) is 89.9 Å². The zero-order chi connectivity index (χ0) is 33.2. The zero-order valence-corrected chi connectivity index (χ0v) is 28.9. The molecule has 2 saturated heterocycles. The normalized spacial score (nSPS) is 15.6. The van der Waals surface area contributed by atoms with Crippen LogP contribution in [-0.4, -0.2) is 52.1 Å². The van der Waals surface area contributed by atoms with E-state index in [0.717, 1.165) is 60.1 Å². The van der Waals surface area contributed by atoms with E-state index in [9.17, 15) is 13.6 Å². The predicted molar refractivity (Wildman–Crippen MR) is 192 cm³/mol. The lowest BCUT2D eigenvalue weighted by Crippen LogP contribution is -2.38. The number of halogens is 5. The van der Waals surface area contributed by atoms with Crippen molar-refractivity contribution in [2.45, 2.75) is 43.9 Å². The Morgan fingerprint density at radius 1 is 0.816 bits per heavy atom. The minimum Gasteiger partial charge on any atom is -0.361 e. The molecule has 12 heteroatoms. The summed E-state index contributed by atoms with van der Waals surface area (Å²) in [7, 11) is 0. The molecule has 0 radical (unpaired) electrons. The van der Waals surface area contributed by atoms with Crippen molar-refractivity contribution in [1.29, 1.82) is 0 Å². The van der Waals surface area contributed by atoms with Crippen molar-refractivity contribution in [3.05, 3.63) is 123 Å². The number of amides is 1. The number of likely N-dealkylation sites (tertiary alicyclic amines) is 1. The number of carbonyl (C=O) groups excluding carboxylic acids is 1. The summed E-state index contributed by atoms with van der Waals surface area (Å²) in [6.45, 7) is 3.44. The Labute approximate surface area is 298 Å². The molecule has 2 fully saturated rings. The number of benzene rings is 3. The first-order valence-electron chi connectivity index (χ1n) is 16.2. The molecular weight excluding hydrogens is 691 g/mol. The van der Waals surface area contributed by atoms with E-state index in [0.29, 0.717) is 35.7 Å². The Morgan fingerprint density at radius 3 is 2.02 bits per heavy atom. The number of aromatic nitrogens is 3. The lowest BCUT2D eigenvalue weighted by atomic mass is 9.89. The van der Waals surface area contributed by atoms with Gasteiger partial charge in [-0.1, -0.05) is 28.4 Å². The zero-order valence-electron chi connectivity index (χ0n) is 26.6. The average Bonchev–Trinajstić information content (AvgIpc) is 3.85. The highest BCUT2D eigenvalue weighted by Crippen LogP contribution is 2.35. The number of piperidine rings is 2. The number of rotatable bonds is 5. The third-order valence-corrected chi connectivity index (χ3v) is 9.97. The molecule has 2 aliphatic heterocycles. The van der Waals surface area contributed by atoms with E-state index >= 15 is 0 Å². The average molecular weight is 727 g/mol. The van der Waals surface area contributed by atoms with E-state index in [1.54, 1.807) is 4.90 Å². The Balaban J connectivity index is 0.000000205. The smallest absolute Gasteiger partial charge is 0.276 e. The number of fused-ring (bicyclic) bond motifs is 2. The van der Waals surface area contributed by atoms with Gasteiger partial charge in [-0.05, 0) is 122 Å². The lowest BCUT2D eigenvalue weighted by Gasteiger charge is -2.31. The highest BCUT2D eigenvalue weighted by atomic mass is 35.5. The van der Waals surface area contributed by atoms with Crippen molar-refractivity contribution < 1.29 is 18.1 Å². The summed E-state index contributed by atoms with van der Waals surface area (Å²) >= 11 is 12.2. The fourth-order valence-electron chi connectivity index (χ4n) is 6.96. The fourth-order valence-corrected chi connectivity index (χ4v) is 7.30. The van der Waals surface area contributed by atoms with Crippen molar-refractivity contribution in [2.24, 2.45) is 0 Å². The van der Waals surface area contributed by atoms with Gasteiger partial charge in [0.1, 0.15) is 17.4 Å². The van der Waals surface area contributed by atoms with Crippen LogP contribution >= 0.6 is 35.6 Å². The largest absolute Gasteiger partial charge is 0.361 e. The molecule has 1 amide bonds. The van der Waals surface area contributed by atoms with Crippen LogP contribution in [0.4, 0.5) is 8.78 Å². The molecule has 3 N–H and O–H groups in total. The minimum atomic E-state index is -0.531. The third kappa shape index (κ3) is 7.80. The van der Waals surface area contributed by atoms with Crippen molar-refractivity contribution in [3.8, 4) is 0 Å². The Bertz CT molecular complexity index is 2060. The van der Waals surface area contributed by atoms with Gasteiger partial charge in [-0.2, -0.15) is 0 Å². The Hall–Kier alpha value is -3.89. The molecule has 6 aromatic rings. The van der Waals surface area contributed by atoms with Crippen molar-refractivity contribution in [1.82, 2.24) is 25.3 Å². The van der Waals surface area contributed by atoms with Gasteiger partial charge in [-0.3, -0.25) is 4.79 Å². The van der Waals surface area contributed by atoms with E-state index in [-0.39, 0.29) is 36.0 Å². The number of hydrogen-bond acceptors (Lipinski definition) is 4. The summed E-state index contributed by atoms with van der Waals surface area (Å²) in [5.41, 5.74) is 5.22. The predicted octanol–water partition coefficient (Wildman–Crippen LogP) is 9.41. The number of H-pyrrole nitrogens is 2. The van der Waals surface area contributed by atoms with Crippen molar-refractivity contribution in [3.63, 3.8) is 0 Å². The summed E-state index contributed by atoms with van der Waals surface area (Å²) in [4.78, 5) is 21.3. The van der Waals surface area contributed by atoms with Gasteiger partial charge in [-0.25, -0.2) is 8.78 Å². The molecule has 2 aliphatic rings. The summed E-state index contributed by atoms with van der Waals surface area (Å²) in [5, 5.41) is 11.2. The summed E-state index contributed by atoms with van der Waals surface area (Å²) in [6, 6.07) is 16.6. The molecule has 0 spiro atoms. The standard InChI is InChI=1S/C24H20ClF2N3O2.C13H15ClN2.ClH/c25-16-1-4-22-19(11-16)20(13-28-22)14-5-7-30(8-6-14)24(31)23-12-18(32-29-23)10-15-9-17(26)2-3-21(15)27;14-10-1-2-13-11(7-10)12(8-16-13)9-3-5-15-6-4-9;/h1-4,9,11-14,28H,5-8,10H2;1-2,7-9,15-16H,3-6H2;1H. The molecule has 0 bridgehead atoms. The van der Waals surface area contributed by atoms with Gasteiger partial charge in [0.2, 0.25) is 0 Å². The monoisotopic (exact) mass is 725 g/mol. The highest BCUT2D eigenvalue weighted by Gasteiger charge is 2.28. The first-order chi connectivity index (χ1) is 23.3. The molecule has 3 aromatic heterocycles. The van der Waals surface area contributed by atoms with Gasteiger partial charge in [0, 0.05) is 69.8 Å². The molecule has 49 heavy (non-hydrogen) atoms. The maximum atomic E-state index is 13.9. The molecular formula is C37H36Cl3F2N5O2. The first kappa shape index (κ1) is 35.0. The van der Waals surface area contributed by atoms with Crippen LogP contribution < -0.4 is 5.32 Å². The summed E-state index contributed by atoms with van der Waals surface area (Å²) < 4.78 is 32.5. The molecule has 5 heterocycles. The van der Waals surface area contributed by atoms with Crippen LogP contribution in [0.25, 0.3) is 21.8 Å². The minimum absolute atomic E-state index is 0. The van der Waals surface area contributed by atoms with Gasteiger partial charge in [0.15, 0.2) is 5.69 Å². The molecule has 7 nitrogen and oxygen atoms in total. The second-order valence-corrected chi connectivity index (χ2v) is 13.4. The van der Waals surface area contributed by atoms with Crippen LogP contribution in [0.3, 0.4) is 0 Å².